The molecule has 0 bridgehead atoms. The van der Waals surface area contributed by atoms with E-state index >= 15 is 0 Å². The molecule has 0 heterocycles. The van der Waals surface area contributed by atoms with Gasteiger partial charge in [0.1, 0.15) is 6.61 Å². The number of hydrogen-bond donors (Lipinski definition) is 3. The lowest BCUT2D eigenvalue weighted by Crippen LogP contribution is -2.52. The zero-order valence-corrected chi connectivity index (χ0v) is 11.3. The van der Waals surface area contributed by atoms with Gasteiger partial charge < -0.3 is 15.6 Å². The fraction of sp³-hybridized carbons (Fsp3) is 0.250. The summed E-state index contributed by atoms with van der Waals surface area (Å²) in [5.41, 5.74) is 5.71. The molecule has 0 saturated carbocycles. The van der Waals surface area contributed by atoms with Crippen molar-refractivity contribution in [1.29, 1.82) is 0 Å². The zero-order valence-electron chi connectivity index (χ0n) is 10.4. The fourth-order valence-electron chi connectivity index (χ4n) is 1.43. The number of aliphatic carboxylic acids is 1. The van der Waals surface area contributed by atoms with Crippen molar-refractivity contribution in [3.05, 3.63) is 35.9 Å². The van der Waals surface area contributed by atoms with Crippen molar-refractivity contribution in [3.63, 3.8) is 0 Å². The summed E-state index contributed by atoms with van der Waals surface area (Å²) in [7, 11) is 0. The maximum atomic E-state index is 11.8. The number of imide groups is 1. The van der Waals surface area contributed by atoms with Crippen molar-refractivity contribution < 1.29 is 24.2 Å². The molecule has 3 amide bonds. The van der Waals surface area contributed by atoms with Gasteiger partial charge in [-0.25, -0.2) is 19.3 Å². The maximum absolute atomic E-state index is 11.8. The third kappa shape index (κ3) is 4.16. The van der Waals surface area contributed by atoms with Crippen molar-refractivity contribution in [2.45, 2.75) is 12.6 Å². The van der Waals surface area contributed by atoms with Crippen LogP contribution in [-0.2, 0) is 16.1 Å². The predicted molar refractivity (Wildman–Crippen MR) is 73.3 cm³/mol. The van der Waals surface area contributed by atoms with E-state index in [0.29, 0.717) is 10.5 Å². The van der Waals surface area contributed by atoms with Crippen molar-refractivity contribution in [1.82, 2.24) is 4.90 Å². The second-order valence-electron chi connectivity index (χ2n) is 3.79. The number of carboxylic acids is 1. The molecule has 0 aromatic heterocycles. The van der Waals surface area contributed by atoms with Crippen LogP contribution in [0.3, 0.4) is 0 Å². The second kappa shape index (κ2) is 7.39. The van der Waals surface area contributed by atoms with Gasteiger partial charge in [0.05, 0.1) is 0 Å². The number of benzene rings is 1. The highest BCUT2D eigenvalue weighted by atomic mass is 32.1. The molecule has 8 heteroatoms. The zero-order chi connectivity index (χ0) is 15.1. The molecular formula is C12H14N2O5S. The lowest BCUT2D eigenvalue weighted by atomic mass is 10.2. The largest absolute Gasteiger partial charge is 0.480 e. The van der Waals surface area contributed by atoms with Gasteiger partial charge in [0.25, 0.3) is 0 Å². The first-order valence-electron chi connectivity index (χ1n) is 5.60. The molecular weight excluding hydrogens is 284 g/mol. The predicted octanol–water partition coefficient (Wildman–Crippen LogP) is 1.09. The smallest absolute Gasteiger partial charge is 0.419 e. The Morgan fingerprint density at radius 2 is 1.90 bits per heavy atom. The molecule has 1 atom stereocenters. The average Bonchev–Trinajstić information content (AvgIpc) is 2.42. The maximum Gasteiger partial charge on any atom is 0.419 e. The standard InChI is InChI=1S/C12H14N2O5S/c13-11(17)14(9(7-20)10(15)16)12(18)19-6-8-4-2-1-3-5-8/h1-5,9,20H,6-7H2,(H2,13,17)(H,15,16)/t9-/m0/s1. The molecule has 0 aliphatic carbocycles. The number of ether oxygens (including phenoxy) is 1. The van der Waals surface area contributed by atoms with Crippen molar-refractivity contribution in [3.8, 4) is 0 Å². The second-order valence-corrected chi connectivity index (χ2v) is 4.15. The van der Waals surface area contributed by atoms with Gasteiger partial charge in [-0.05, 0) is 5.56 Å². The van der Waals surface area contributed by atoms with Crippen LogP contribution >= 0.6 is 12.6 Å². The molecule has 0 spiro atoms. The van der Waals surface area contributed by atoms with E-state index in [4.69, 9.17) is 15.6 Å². The molecule has 1 rings (SSSR count). The molecule has 1 aromatic rings. The van der Waals surface area contributed by atoms with Crippen LogP contribution in [0.25, 0.3) is 0 Å². The van der Waals surface area contributed by atoms with Gasteiger partial charge in [-0.15, -0.1) is 0 Å². The number of primary amides is 1. The number of amides is 3. The van der Waals surface area contributed by atoms with E-state index in [-0.39, 0.29) is 12.4 Å². The van der Waals surface area contributed by atoms with Crippen LogP contribution in [0.2, 0.25) is 0 Å². The van der Waals surface area contributed by atoms with Gasteiger partial charge in [0, 0.05) is 5.75 Å². The Balaban J connectivity index is 2.75. The molecule has 108 valence electrons. The highest BCUT2D eigenvalue weighted by Crippen LogP contribution is 2.08. The molecule has 0 unspecified atom stereocenters. The van der Waals surface area contributed by atoms with Gasteiger partial charge >= 0.3 is 18.1 Å². The number of carboxylic acid groups (broad SMARTS) is 1. The first kappa shape index (κ1) is 15.8. The molecule has 3 N–H and O–H groups in total. The summed E-state index contributed by atoms with van der Waals surface area (Å²) in [4.78, 5) is 34.3. The molecule has 1 aromatic carbocycles. The molecule has 0 radical (unpaired) electrons. The Morgan fingerprint density at radius 3 is 2.35 bits per heavy atom. The van der Waals surface area contributed by atoms with Gasteiger partial charge in [-0.1, -0.05) is 30.3 Å². The van der Waals surface area contributed by atoms with E-state index in [9.17, 15) is 14.4 Å². The Hall–Kier alpha value is -2.22. The summed E-state index contributed by atoms with van der Waals surface area (Å²) in [6.07, 6.45) is -1.12. The number of nitrogens with two attached hydrogens (primary N) is 1. The molecule has 20 heavy (non-hydrogen) atoms. The third-order valence-corrected chi connectivity index (χ3v) is 2.75. The minimum Gasteiger partial charge on any atom is -0.480 e. The van der Waals surface area contributed by atoms with E-state index < -0.39 is 24.1 Å². The van der Waals surface area contributed by atoms with Crippen molar-refractivity contribution in [2.75, 3.05) is 5.75 Å². The van der Waals surface area contributed by atoms with Crippen LogP contribution < -0.4 is 5.73 Å². The Bertz CT molecular complexity index is 494. The number of carbonyl (C=O) groups is 3. The third-order valence-electron chi connectivity index (χ3n) is 2.41. The lowest BCUT2D eigenvalue weighted by Gasteiger charge is -2.23. The van der Waals surface area contributed by atoms with Crippen LogP contribution in [0.5, 0.6) is 0 Å². The monoisotopic (exact) mass is 298 g/mol. The summed E-state index contributed by atoms with van der Waals surface area (Å²) in [5, 5.41) is 8.92. The fourth-order valence-corrected chi connectivity index (χ4v) is 1.75. The van der Waals surface area contributed by atoms with E-state index in [1.165, 1.54) is 0 Å². The number of carbonyl (C=O) groups excluding carboxylic acids is 2. The highest BCUT2D eigenvalue weighted by Gasteiger charge is 2.33. The summed E-state index contributed by atoms with van der Waals surface area (Å²) in [5.74, 6) is -1.66. The van der Waals surface area contributed by atoms with Crippen molar-refractivity contribution in [2.24, 2.45) is 5.73 Å². The minimum atomic E-state index is -1.47. The summed E-state index contributed by atoms with van der Waals surface area (Å²) < 4.78 is 4.87. The summed E-state index contributed by atoms with van der Waals surface area (Å²) >= 11 is 3.78. The Labute approximate surface area is 120 Å². The molecule has 0 saturated heterocycles. The minimum absolute atomic E-state index is 0.0949. The molecule has 0 fully saturated rings. The topological polar surface area (TPSA) is 110 Å². The first-order valence-corrected chi connectivity index (χ1v) is 6.23. The van der Waals surface area contributed by atoms with Gasteiger partial charge in [0.2, 0.25) is 0 Å². The van der Waals surface area contributed by atoms with E-state index in [1.807, 2.05) is 0 Å². The number of thiol groups is 1. The van der Waals surface area contributed by atoms with E-state index in [2.05, 4.69) is 12.6 Å². The van der Waals surface area contributed by atoms with Gasteiger partial charge in [0.15, 0.2) is 6.04 Å². The number of hydrogen-bond acceptors (Lipinski definition) is 5. The van der Waals surface area contributed by atoms with Crippen molar-refractivity contribution >= 4 is 30.7 Å². The summed E-state index contributed by atoms with van der Waals surface area (Å²) in [6.45, 7) is -0.0949. The van der Waals surface area contributed by atoms with Crippen LogP contribution in [-0.4, -0.2) is 39.9 Å². The SMILES string of the molecule is NC(=O)N(C(=O)OCc1ccccc1)[C@@H](CS)C(=O)O. The number of nitrogens with zero attached hydrogens (tertiary/aromatic N) is 1. The molecule has 0 aliphatic heterocycles. The lowest BCUT2D eigenvalue weighted by molar-refractivity contribution is -0.140. The Morgan fingerprint density at radius 1 is 1.30 bits per heavy atom. The van der Waals surface area contributed by atoms with Gasteiger partial charge in [-0.3, -0.25) is 0 Å². The molecule has 0 aliphatic rings. The first-order chi connectivity index (χ1) is 9.47. The van der Waals surface area contributed by atoms with Gasteiger partial charge in [-0.2, -0.15) is 12.6 Å². The molecule has 7 nitrogen and oxygen atoms in total. The number of rotatable bonds is 5. The average molecular weight is 298 g/mol. The van der Waals surface area contributed by atoms with Crippen LogP contribution in [0.4, 0.5) is 9.59 Å². The number of urea groups is 1. The van der Waals surface area contributed by atoms with Crippen LogP contribution in [0.15, 0.2) is 30.3 Å². The summed E-state index contributed by atoms with van der Waals surface area (Å²) in [6, 6.07) is 6.06. The van der Waals surface area contributed by atoms with Crippen LogP contribution in [0.1, 0.15) is 5.56 Å². The normalized spacial score (nSPS) is 11.4. The van der Waals surface area contributed by atoms with E-state index in [1.54, 1.807) is 30.3 Å². The quantitative estimate of drug-likeness (QED) is 0.705. The van der Waals surface area contributed by atoms with E-state index in [0.717, 1.165) is 0 Å². The highest BCUT2D eigenvalue weighted by molar-refractivity contribution is 7.80. The van der Waals surface area contributed by atoms with Crippen LogP contribution in [0, 0.1) is 0 Å². The Kier molecular flexibility index (Phi) is 5.85.